The number of amides is 1. The standard InChI is InChI=1S/C19H23N3O3/c1-3-18(21-15-7-11-17(12-8-15)25-4-2)19(24)22-20-13-14-5-9-16(23)10-6-14/h5-13,18,21,23H,3-4H2,1-2H3,(H,22,24)/b20-13-/t18-/m0/s1. The number of phenolic OH excluding ortho intramolecular Hbond substituents is 1. The van der Waals surface area contributed by atoms with Crippen molar-refractivity contribution in [2.24, 2.45) is 5.10 Å². The zero-order valence-corrected chi connectivity index (χ0v) is 14.4. The van der Waals surface area contributed by atoms with Gasteiger partial charge in [-0.2, -0.15) is 5.10 Å². The van der Waals surface area contributed by atoms with Crippen molar-refractivity contribution in [3.05, 3.63) is 54.1 Å². The first-order valence-corrected chi connectivity index (χ1v) is 8.23. The number of rotatable bonds is 8. The third-order valence-electron chi connectivity index (χ3n) is 3.51. The molecule has 1 amide bonds. The first-order valence-electron chi connectivity index (χ1n) is 8.23. The molecule has 3 N–H and O–H groups in total. The number of nitrogens with one attached hydrogen (secondary N) is 2. The lowest BCUT2D eigenvalue weighted by molar-refractivity contribution is -0.121. The highest BCUT2D eigenvalue weighted by molar-refractivity contribution is 5.86. The molecule has 132 valence electrons. The van der Waals surface area contributed by atoms with Crippen molar-refractivity contribution < 1.29 is 14.6 Å². The van der Waals surface area contributed by atoms with E-state index in [1.54, 1.807) is 24.3 Å². The Labute approximate surface area is 147 Å². The fourth-order valence-electron chi connectivity index (χ4n) is 2.18. The minimum absolute atomic E-state index is 0.187. The lowest BCUT2D eigenvalue weighted by Crippen LogP contribution is -2.36. The number of anilines is 1. The second-order valence-corrected chi connectivity index (χ2v) is 5.39. The molecule has 2 rings (SSSR count). The van der Waals surface area contributed by atoms with Crippen LogP contribution in [0, 0.1) is 0 Å². The predicted octanol–water partition coefficient (Wildman–Crippen LogP) is 3.13. The number of phenols is 1. The molecule has 0 aliphatic heterocycles. The first-order chi connectivity index (χ1) is 12.1. The van der Waals surface area contributed by atoms with Crippen molar-refractivity contribution in [1.29, 1.82) is 0 Å². The van der Waals surface area contributed by atoms with Gasteiger partial charge in [-0.05, 0) is 67.4 Å². The minimum atomic E-state index is -0.394. The molecule has 0 aliphatic carbocycles. The molecule has 0 spiro atoms. The Balaban J connectivity index is 1.90. The molecule has 6 heteroatoms. The van der Waals surface area contributed by atoms with E-state index >= 15 is 0 Å². The fourth-order valence-corrected chi connectivity index (χ4v) is 2.18. The number of aromatic hydroxyl groups is 1. The van der Waals surface area contributed by atoms with Crippen LogP contribution in [0.2, 0.25) is 0 Å². The van der Waals surface area contributed by atoms with E-state index in [0.29, 0.717) is 13.0 Å². The number of hydrazone groups is 1. The molecule has 0 heterocycles. The lowest BCUT2D eigenvalue weighted by Gasteiger charge is -2.16. The van der Waals surface area contributed by atoms with E-state index < -0.39 is 6.04 Å². The van der Waals surface area contributed by atoms with Gasteiger partial charge in [0, 0.05) is 5.69 Å². The van der Waals surface area contributed by atoms with E-state index in [9.17, 15) is 9.90 Å². The summed E-state index contributed by atoms with van der Waals surface area (Å²) in [6.45, 7) is 4.48. The van der Waals surface area contributed by atoms with Crippen LogP contribution in [0.4, 0.5) is 5.69 Å². The number of hydrogen-bond donors (Lipinski definition) is 3. The molecule has 0 aliphatic rings. The summed E-state index contributed by atoms with van der Waals surface area (Å²) in [7, 11) is 0. The van der Waals surface area contributed by atoms with E-state index in [2.05, 4.69) is 15.8 Å². The number of ether oxygens (including phenoxy) is 1. The monoisotopic (exact) mass is 341 g/mol. The molecule has 0 radical (unpaired) electrons. The normalized spacial score (nSPS) is 11.9. The van der Waals surface area contributed by atoms with E-state index in [1.807, 2.05) is 38.1 Å². The Kier molecular flexibility index (Phi) is 6.83. The van der Waals surface area contributed by atoms with E-state index in [4.69, 9.17) is 4.74 Å². The van der Waals surface area contributed by atoms with Gasteiger partial charge in [0.1, 0.15) is 17.5 Å². The molecule has 0 fully saturated rings. The summed E-state index contributed by atoms with van der Waals surface area (Å²) in [4.78, 5) is 12.2. The van der Waals surface area contributed by atoms with Crippen molar-refractivity contribution >= 4 is 17.8 Å². The fraction of sp³-hybridized carbons (Fsp3) is 0.263. The van der Waals surface area contributed by atoms with Gasteiger partial charge in [-0.15, -0.1) is 0 Å². The molecule has 6 nitrogen and oxygen atoms in total. The highest BCUT2D eigenvalue weighted by Gasteiger charge is 2.15. The molecule has 1 atom stereocenters. The van der Waals surface area contributed by atoms with Crippen LogP contribution in [0.1, 0.15) is 25.8 Å². The Hall–Kier alpha value is -3.02. The molecule has 2 aromatic carbocycles. The van der Waals surface area contributed by atoms with Crippen molar-refractivity contribution in [3.63, 3.8) is 0 Å². The maximum Gasteiger partial charge on any atom is 0.262 e. The van der Waals surface area contributed by atoms with Crippen molar-refractivity contribution in [1.82, 2.24) is 5.43 Å². The van der Waals surface area contributed by atoms with Crippen LogP contribution in [0.5, 0.6) is 11.5 Å². The van der Waals surface area contributed by atoms with Gasteiger partial charge in [0.25, 0.3) is 5.91 Å². The van der Waals surface area contributed by atoms with E-state index in [1.165, 1.54) is 6.21 Å². The van der Waals surface area contributed by atoms with Crippen LogP contribution in [0.3, 0.4) is 0 Å². The average Bonchev–Trinajstić information content (AvgIpc) is 2.63. The maximum atomic E-state index is 12.2. The van der Waals surface area contributed by atoms with Crippen LogP contribution in [-0.2, 0) is 4.79 Å². The smallest absolute Gasteiger partial charge is 0.262 e. The summed E-state index contributed by atoms with van der Waals surface area (Å²) in [6, 6.07) is 13.6. The quantitative estimate of drug-likeness (QED) is 0.509. The van der Waals surface area contributed by atoms with Gasteiger partial charge in [-0.1, -0.05) is 6.92 Å². The summed E-state index contributed by atoms with van der Waals surface area (Å²) in [5, 5.41) is 16.4. The van der Waals surface area contributed by atoms with Gasteiger partial charge >= 0.3 is 0 Å². The largest absolute Gasteiger partial charge is 0.508 e. The van der Waals surface area contributed by atoms with Crippen LogP contribution in [0.15, 0.2) is 53.6 Å². The molecule has 0 saturated heterocycles. The summed E-state index contributed by atoms with van der Waals surface area (Å²) in [6.07, 6.45) is 2.15. The van der Waals surface area contributed by atoms with Crippen LogP contribution < -0.4 is 15.5 Å². The second-order valence-electron chi connectivity index (χ2n) is 5.39. The van der Waals surface area contributed by atoms with Crippen LogP contribution in [-0.4, -0.2) is 29.9 Å². The van der Waals surface area contributed by atoms with Gasteiger partial charge in [0.05, 0.1) is 12.8 Å². The maximum absolute atomic E-state index is 12.2. The highest BCUT2D eigenvalue weighted by atomic mass is 16.5. The Morgan fingerprint density at radius 1 is 1.16 bits per heavy atom. The molecular weight excluding hydrogens is 318 g/mol. The summed E-state index contributed by atoms with van der Waals surface area (Å²) >= 11 is 0. The number of benzene rings is 2. The Morgan fingerprint density at radius 3 is 2.44 bits per heavy atom. The lowest BCUT2D eigenvalue weighted by atomic mass is 10.2. The Bertz CT molecular complexity index is 697. The number of carbonyl (C=O) groups excluding carboxylic acids is 1. The van der Waals surface area contributed by atoms with Gasteiger partial charge in [0.2, 0.25) is 0 Å². The molecule has 0 aromatic heterocycles. The van der Waals surface area contributed by atoms with Crippen LogP contribution >= 0.6 is 0 Å². The zero-order chi connectivity index (χ0) is 18.1. The van der Waals surface area contributed by atoms with Gasteiger partial charge in [0.15, 0.2) is 0 Å². The second kappa shape index (κ2) is 9.32. The molecule has 0 unspecified atom stereocenters. The van der Waals surface area contributed by atoms with Crippen molar-refractivity contribution in [3.8, 4) is 11.5 Å². The molecule has 0 bridgehead atoms. The molecule has 0 saturated carbocycles. The highest BCUT2D eigenvalue weighted by Crippen LogP contribution is 2.17. The average molecular weight is 341 g/mol. The van der Waals surface area contributed by atoms with Gasteiger partial charge in [-0.3, -0.25) is 4.79 Å². The molecule has 25 heavy (non-hydrogen) atoms. The van der Waals surface area contributed by atoms with Crippen LogP contribution in [0.25, 0.3) is 0 Å². The first kappa shape index (κ1) is 18.3. The number of nitrogens with zero attached hydrogens (tertiary/aromatic N) is 1. The third-order valence-corrected chi connectivity index (χ3v) is 3.51. The minimum Gasteiger partial charge on any atom is -0.508 e. The van der Waals surface area contributed by atoms with Crippen molar-refractivity contribution in [2.45, 2.75) is 26.3 Å². The van der Waals surface area contributed by atoms with E-state index in [0.717, 1.165) is 17.0 Å². The topological polar surface area (TPSA) is 83.0 Å². The zero-order valence-electron chi connectivity index (χ0n) is 14.4. The van der Waals surface area contributed by atoms with Crippen molar-refractivity contribution in [2.75, 3.05) is 11.9 Å². The van der Waals surface area contributed by atoms with E-state index in [-0.39, 0.29) is 11.7 Å². The molecular formula is C19H23N3O3. The molecule has 2 aromatic rings. The Morgan fingerprint density at radius 2 is 1.84 bits per heavy atom. The predicted molar refractivity (Wildman–Crippen MR) is 99.2 cm³/mol. The van der Waals surface area contributed by atoms with Gasteiger partial charge in [-0.25, -0.2) is 5.43 Å². The number of hydrogen-bond acceptors (Lipinski definition) is 5. The third kappa shape index (κ3) is 5.84. The summed E-state index contributed by atoms with van der Waals surface area (Å²) < 4.78 is 5.40. The number of carbonyl (C=O) groups is 1. The van der Waals surface area contributed by atoms with Gasteiger partial charge < -0.3 is 15.2 Å². The summed E-state index contributed by atoms with van der Waals surface area (Å²) in [5.41, 5.74) is 4.15. The SMILES string of the molecule is CCOc1ccc(N[C@@H](CC)C(=O)N/N=C\c2ccc(O)cc2)cc1. The summed E-state index contributed by atoms with van der Waals surface area (Å²) in [5.74, 6) is 0.766.